The van der Waals surface area contributed by atoms with Crippen molar-refractivity contribution in [3.05, 3.63) is 46.2 Å². The third kappa shape index (κ3) is 4.68. The summed E-state index contributed by atoms with van der Waals surface area (Å²) in [5.41, 5.74) is 6.29. The lowest BCUT2D eigenvalue weighted by Crippen LogP contribution is -2.23. The van der Waals surface area contributed by atoms with Gasteiger partial charge in [-0.25, -0.2) is 4.98 Å². The van der Waals surface area contributed by atoms with Crippen molar-refractivity contribution in [1.82, 2.24) is 9.97 Å². The fourth-order valence-electron chi connectivity index (χ4n) is 1.76. The number of nitrogens with one attached hydrogen (secondary N) is 2. The molecule has 0 fully saturated rings. The Kier molecular flexibility index (Phi) is 5.17. The third-order valence-electron chi connectivity index (χ3n) is 2.96. The topological polar surface area (TPSA) is 118 Å². The molecule has 1 aromatic carbocycles. The van der Waals surface area contributed by atoms with Gasteiger partial charge in [-0.05, 0) is 38.1 Å². The van der Waals surface area contributed by atoms with Crippen molar-refractivity contribution in [2.75, 3.05) is 11.1 Å². The van der Waals surface area contributed by atoms with Crippen molar-refractivity contribution in [2.24, 2.45) is 0 Å². The summed E-state index contributed by atoms with van der Waals surface area (Å²) in [7, 11) is 0. The number of rotatable bonds is 5. The van der Waals surface area contributed by atoms with Crippen LogP contribution < -0.4 is 16.6 Å². The van der Waals surface area contributed by atoms with E-state index in [1.165, 1.54) is 13.0 Å². The molecule has 0 aliphatic heterocycles. The Morgan fingerprint density at radius 3 is 2.52 bits per heavy atom. The summed E-state index contributed by atoms with van der Waals surface area (Å²) in [6, 6.07) is 7.78. The molecule has 0 spiro atoms. The van der Waals surface area contributed by atoms with Crippen molar-refractivity contribution in [3.63, 3.8) is 0 Å². The van der Waals surface area contributed by atoms with E-state index >= 15 is 0 Å². The quantitative estimate of drug-likeness (QED) is 0.435. The lowest BCUT2D eigenvalue weighted by Gasteiger charge is -2.11. The summed E-state index contributed by atoms with van der Waals surface area (Å²) in [4.78, 5) is 41.2. The van der Waals surface area contributed by atoms with E-state index in [-0.39, 0.29) is 28.2 Å². The second kappa shape index (κ2) is 7.10. The van der Waals surface area contributed by atoms with Gasteiger partial charge in [0.05, 0.1) is 5.25 Å². The SMILES string of the molecule is CC(=O)c1ccc(NC(=O)C(C)Sc2nc(N)cc(=O)[nH]2)cc1. The summed E-state index contributed by atoms with van der Waals surface area (Å²) in [5.74, 6) is -0.192. The van der Waals surface area contributed by atoms with Crippen molar-refractivity contribution in [3.8, 4) is 0 Å². The number of aromatic amines is 1. The minimum Gasteiger partial charge on any atom is -0.383 e. The van der Waals surface area contributed by atoms with E-state index < -0.39 is 5.25 Å². The maximum atomic E-state index is 12.2. The maximum absolute atomic E-state index is 12.2. The van der Waals surface area contributed by atoms with Crippen LogP contribution in [0.1, 0.15) is 24.2 Å². The maximum Gasteiger partial charge on any atom is 0.253 e. The van der Waals surface area contributed by atoms with Crippen LogP contribution in [0.4, 0.5) is 11.5 Å². The Morgan fingerprint density at radius 1 is 1.30 bits per heavy atom. The zero-order chi connectivity index (χ0) is 17.0. The number of H-pyrrole nitrogens is 1. The van der Waals surface area contributed by atoms with Gasteiger partial charge in [0.15, 0.2) is 10.9 Å². The van der Waals surface area contributed by atoms with Crippen LogP contribution in [0.5, 0.6) is 0 Å². The molecule has 1 atom stereocenters. The number of nitrogens with zero attached hydrogens (tertiary/aromatic N) is 1. The van der Waals surface area contributed by atoms with Crippen molar-refractivity contribution in [2.45, 2.75) is 24.3 Å². The molecule has 0 radical (unpaired) electrons. The molecule has 0 saturated carbocycles. The molecule has 2 rings (SSSR count). The Morgan fingerprint density at radius 2 is 1.96 bits per heavy atom. The lowest BCUT2D eigenvalue weighted by molar-refractivity contribution is -0.115. The van der Waals surface area contributed by atoms with Gasteiger partial charge in [0, 0.05) is 17.3 Å². The molecule has 1 heterocycles. The number of ketones is 1. The number of anilines is 2. The molecule has 0 bridgehead atoms. The molecule has 0 saturated heterocycles. The highest BCUT2D eigenvalue weighted by atomic mass is 32.2. The summed E-state index contributed by atoms with van der Waals surface area (Å²) < 4.78 is 0. The number of amides is 1. The first-order valence-electron chi connectivity index (χ1n) is 6.80. The van der Waals surface area contributed by atoms with Gasteiger partial charge in [-0.3, -0.25) is 14.4 Å². The van der Waals surface area contributed by atoms with Crippen molar-refractivity contribution < 1.29 is 9.59 Å². The Balaban J connectivity index is 2.02. The second-order valence-corrected chi connectivity index (χ2v) is 6.19. The number of hydrogen-bond donors (Lipinski definition) is 3. The fourth-order valence-corrected chi connectivity index (χ4v) is 2.58. The molecule has 4 N–H and O–H groups in total. The van der Waals surface area contributed by atoms with Gasteiger partial charge in [-0.2, -0.15) is 0 Å². The number of Topliss-reactive ketones (excluding diaryl/α,β-unsaturated/α-hetero) is 1. The average Bonchev–Trinajstić information content (AvgIpc) is 2.46. The highest BCUT2D eigenvalue weighted by Crippen LogP contribution is 2.20. The fraction of sp³-hybridized carbons (Fsp3) is 0.200. The summed E-state index contributed by atoms with van der Waals surface area (Å²) >= 11 is 1.09. The number of aromatic nitrogens is 2. The van der Waals surface area contributed by atoms with Crippen LogP contribution in [0.2, 0.25) is 0 Å². The average molecular weight is 332 g/mol. The van der Waals surface area contributed by atoms with Crippen molar-refractivity contribution >= 4 is 35.0 Å². The van der Waals surface area contributed by atoms with Gasteiger partial charge in [-0.15, -0.1) is 0 Å². The Labute approximate surface area is 136 Å². The molecule has 1 aromatic heterocycles. The monoisotopic (exact) mass is 332 g/mol. The summed E-state index contributed by atoms with van der Waals surface area (Å²) in [6.45, 7) is 3.17. The molecule has 1 amide bonds. The van der Waals surface area contributed by atoms with Gasteiger partial charge in [-0.1, -0.05) is 11.8 Å². The van der Waals surface area contributed by atoms with Gasteiger partial charge < -0.3 is 16.0 Å². The minimum atomic E-state index is -0.493. The Bertz CT molecular complexity index is 786. The predicted octanol–water partition coefficient (Wildman–Crippen LogP) is 1.67. The number of thioether (sulfide) groups is 1. The van der Waals surface area contributed by atoms with E-state index in [2.05, 4.69) is 15.3 Å². The number of carbonyl (C=O) groups is 2. The largest absolute Gasteiger partial charge is 0.383 e. The highest BCUT2D eigenvalue weighted by Gasteiger charge is 2.16. The predicted molar refractivity (Wildman–Crippen MR) is 89.7 cm³/mol. The van der Waals surface area contributed by atoms with Crippen LogP contribution in [0.25, 0.3) is 0 Å². The molecule has 7 nitrogen and oxygen atoms in total. The van der Waals surface area contributed by atoms with Crippen molar-refractivity contribution in [1.29, 1.82) is 0 Å². The van der Waals surface area contributed by atoms with Gasteiger partial charge in [0.25, 0.3) is 5.56 Å². The normalized spacial score (nSPS) is 11.7. The van der Waals surface area contributed by atoms with Crippen LogP contribution in [0.3, 0.4) is 0 Å². The number of benzene rings is 1. The third-order valence-corrected chi connectivity index (χ3v) is 3.94. The lowest BCUT2D eigenvalue weighted by atomic mass is 10.1. The van der Waals surface area contributed by atoms with E-state index in [0.29, 0.717) is 11.3 Å². The molecule has 0 aliphatic rings. The van der Waals surface area contributed by atoms with E-state index in [0.717, 1.165) is 11.8 Å². The Hall–Kier alpha value is -2.61. The highest BCUT2D eigenvalue weighted by molar-refractivity contribution is 8.00. The summed E-state index contributed by atoms with van der Waals surface area (Å²) in [6.07, 6.45) is 0. The minimum absolute atomic E-state index is 0.0384. The van der Waals surface area contributed by atoms with E-state index in [1.807, 2.05) is 0 Å². The van der Waals surface area contributed by atoms with Gasteiger partial charge in [0.2, 0.25) is 5.91 Å². The number of nitrogen functional groups attached to an aromatic ring is 1. The zero-order valence-electron chi connectivity index (χ0n) is 12.6. The van der Waals surface area contributed by atoms with Crippen LogP contribution in [-0.2, 0) is 4.79 Å². The number of carbonyl (C=O) groups excluding carboxylic acids is 2. The molecule has 1 unspecified atom stereocenters. The van der Waals surface area contributed by atoms with E-state index in [9.17, 15) is 14.4 Å². The molecular weight excluding hydrogens is 316 g/mol. The molecule has 23 heavy (non-hydrogen) atoms. The molecule has 120 valence electrons. The summed E-state index contributed by atoms with van der Waals surface area (Å²) in [5, 5.41) is 2.52. The number of hydrogen-bond acceptors (Lipinski definition) is 6. The first-order valence-corrected chi connectivity index (χ1v) is 7.68. The second-order valence-electron chi connectivity index (χ2n) is 4.86. The standard InChI is InChI=1S/C15H16N4O3S/c1-8(20)10-3-5-11(6-4-10)17-14(22)9(2)23-15-18-12(16)7-13(21)19-15/h3-7,9H,1-2H3,(H,17,22)(H3,16,18,19,21). The molecule has 0 aliphatic carbocycles. The van der Waals surface area contributed by atoms with Crippen LogP contribution >= 0.6 is 11.8 Å². The molecular formula is C15H16N4O3S. The van der Waals surface area contributed by atoms with Crippen LogP contribution in [0.15, 0.2) is 40.3 Å². The molecule has 8 heteroatoms. The first-order chi connectivity index (χ1) is 10.8. The zero-order valence-corrected chi connectivity index (χ0v) is 13.4. The van der Waals surface area contributed by atoms with Crippen LogP contribution in [0, 0.1) is 0 Å². The van der Waals surface area contributed by atoms with Gasteiger partial charge in [0.1, 0.15) is 5.82 Å². The van der Waals surface area contributed by atoms with Crippen LogP contribution in [-0.4, -0.2) is 26.9 Å². The van der Waals surface area contributed by atoms with E-state index in [4.69, 9.17) is 5.73 Å². The molecule has 2 aromatic rings. The first kappa shape index (κ1) is 16.8. The smallest absolute Gasteiger partial charge is 0.253 e. The number of nitrogens with two attached hydrogens (primary N) is 1. The van der Waals surface area contributed by atoms with Gasteiger partial charge >= 0.3 is 0 Å². The van der Waals surface area contributed by atoms with E-state index in [1.54, 1.807) is 31.2 Å².